The van der Waals surface area contributed by atoms with Gasteiger partial charge in [0, 0.05) is 44.0 Å². The van der Waals surface area contributed by atoms with E-state index >= 15 is 0 Å². The summed E-state index contributed by atoms with van der Waals surface area (Å²) in [5.74, 6) is 0.618. The molecular weight excluding hydrogens is 448 g/mol. The van der Waals surface area contributed by atoms with Crippen LogP contribution in [0.15, 0.2) is 78.9 Å². The Morgan fingerprint density at radius 2 is 1.55 bits per heavy atom. The number of amides is 1. The summed E-state index contributed by atoms with van der Waals surface area (Å²) in [6.07, 6.45) is 0. The van der Waals surface area contributed by atoms with Gasteiger partial charge in [-0.25, -0.2) is 0 Å². The van der Waals surface area contributed by atoms with Crippen LogP contribution < -0.4 is 11.1 Å². The van der Waals surface area contributed by atoms with Crippen LogP contribution >= 0.6 is 24.0 Å². The van der Waals surface area contributed by atoms with Crippen molar-refractivity contribution in [1.29, 1.82) is 0 Å². The minimum atomic E-state index is -0.170. The van der Waals surface area contributed by atoms with Crippen LogP contribution in [0.1, 0.15) is 21.5 Å². The van der Waals surface area contributed by atoms with Crippen LogP contribution in [-0.4, -0.2) is 46.2 Å². The van der Waals surface area contributed by atoms with Crippen molar-refractivity contribution in [3.05, 3.63) is 95.6 Å². The van der Waals surface area contributed by atoms with Crippen molar-refractivity contribution in [2.24, 2.45) is 0 Å². The third-order valence-corrected chi connectivity index (χ3v) is 7.26. The SMILES string of the molecule is Nc1ccccc1NC(=O)c1ccc(CSC(=S)N2CCN(Cc3ccccc3)CC2)cc1. The summed E-state index contributed by atoms with van der Waals surface area (Å²) in [6.45, 7) is 4.95. The molecule has 1 aliphatic rings. The lowest BCUT2D eigenvalue weighted by atomic mass is 10.1. The van der Waals surface area contributed by atoms with E-state index in [4.69, 9.17) is 18.0 Å². The first-order valence-electron chi connectivity index (χ1n) is 11.0. The van der Waals surface area contributed by atoms with E-state index in [1.54, 1.807) is 23.9 Å². The van der Waals surface area contributed by atoms with E-state index in [0.717, 1.165) is 48.4 Å². The van der Waals surface area contributed by atoms with E-state index in [-0.39, 0.29) is 5.91 Å². The molecule has 1 amide bonds. The molecule has 3 aromatic rings. The summed E-state index contributed by atoms with van der Waals surface area (Å²) in [7, 11) is 0. The number of piperazine rings is 1. The molecule has 5 nitrogen and oxygen atoms in total. The minimum absolute atomic E-state index is 0.170. The van der Waals surface area contributed by atoms with Crippen LogP contribution in [0, 0.1) is 0 Å². The number of anilines is 2. The molecule has 0 unspecified atom stereocenters. The fourth-order valence-electron chi connectivity index (χ4n) is 3.72. The van der Waals surface area contributed by atoms with Gasteiger partial charge in [-0.2, -0.15) is 0 Å². The standard InChI is InChI=1S/C26H28N4OS2/c27-23-8-4-5-9-24(23)28-25(31)22-12-10-21(11-13-22)19-33-26(32)30-16-14-29(15-17-30)18-20-6-2-1-3-7-20/h1-13H,14-19,27H2,(H,28,31). The van der Waals surface area contributed by atoms with Gasteiger partial charge in [0.2, 0.25) is 0 Å². The Bertz CT molecular complexity index is 1080. The van der Waals surface area contributed by atoms with Crippen molar-refractivity contribution < 1.29 is 4.79 Å². The Morgan fingerprint density at radius 1 is 0.879 bits per heavy atom. The maximum Gasteiger partial charge on any atom is 0.255 e. The van der Waals surface area contributed by atoms with Gasteiger partial charge in [-0.15, -0.1) is 0 Å². The van der Waals surface area contributed by atoms with Gasteiger partial charge in [-0.1, -0.05) is 78.6 Å². The van der Waals surface area contributed by atoms with Gasteiger partial charge in [0.25, 0.3) is 5.91 Å². The molecule has 0 spiro atoms. The molecule has 0 aliphatic carbocycles. The highest BCUT2D eigenvalue weighted by molar-refractivity contribution is 8.22. The molecule has 7 heteroatoms. The van der Waals surface area contributed by atoms with E-state index in [1.165, 1.54) is 5.56 Å². The Morgan fingerprint density at radius 3 is 2.24 bits per heavy atom. The second kappa shape index (κ2) is 11.3. The van der Waals surface area contributed by atoms with Gasteiger partial charge >= 0.3 is 0 Å². The van der Waals surface area contributed by atoms with Gasteiger partial charge in [0.05, 0.1) is 11.4 Å². The van der Waals surface area contributed by atoms with Gasteiger partial charge < -0.3 is 16.0 Å². The Kier molecular flexibility index (Phi) is 7.99. The van der Waals surface area contributed by atoms with E-state index in [2.05, 4.69) is 45.4 Å². The zero-order chi connectivity index (χ0) is 23.0. The fourth-order valence-corrected chi connectivity index (χ4v) is 4.93. The molecule has 0 radical (unpaired) electrons. The van der Waals surface area contributed by atoms with Crippen LogP contribution in [0.4, 0.5) is 11.4 Å². The molecule has 170 valence electrons. The van der Waals surface area contributed by atoms with E-state index in [9.17, 15) is 4.79 Å². The highest BCUT2D eigenvalue weighted by Gasteiger charge is 2.19. The van der Waals surface area contributed by atoms with Gasteiger partial charge in [0.15, 0.2) is 0 Å². The van der Waals surface area contributed by atoms with Crippen molar-refractivity contribution in [3.63, 3.8) is 0 Å². The number of rotatable bonds is 6. The molecule has 1 saturated heterocycles. The topological polar surface area (TPSA) is 61.6 Å². The quantitative estimate of drug-likeness (QED) is 0.392. The maximum absolute atomic E-state index is 12.5. The Balaban J connectivity index is 1.22. The number of para-hydroxylation sites is 2. The summed E-state index contributed by atoms with van der Waals surface area (Å²) in [4.78, 5) is 17.3. The van der Waals surface area contributed by atoms with Crippen molar-refractivity contribution in [2.75, 3.05) is 37.2 Å². The third kappa shape index (κ3) is 6.57. The van der Waals surface area contributed by atoms with Crippen LogP contribution in [0.3, 0.4) is 0 Å². The number of nitrogen functional groups attached to an aromatic ring is 1. The smallest absolute Gasteiger partial charge is 0.255 e. The van der Waals surface area contributed by atoms with E-state index < -0.39 is 0 Å². The molecule has 1 fully saturated rings. The van der Waals surface area contributed by atoms with Crippen molar-refractivity contribution in [1.82, 2.24) is 9.80 Å². The van der Waals surface area contributed by atoms with Crippen molar-refractivity contribution in [2.45, 2.75) is 12.3 Å². The van der Waals surface area contributed by atoms with E-state index in [0.29, 0.717) is 16.9 Å². The Labute approximate surface area is 205 Å². The molecule has 0 aromatic heterocycles. The molecule has 1 aliphatic heterocycles. The molecule has 33 heavy (non-hydrogen) atoms. The van der Waals surface area contributed by atoms with Crippen LogP contribution in [0.5, 0.6) is 0 Å². The summed E-state index contributed by atoms with van der Waals surface area (Å²) < 4.78 is 0.940. The average Bonchev–Trinajstić information content (AvgIpc) is 2.85. The lowest BCUT2D eigenvalue weighted by Gasteiger charge is -2.35. The molecule has 0 saturated carbocycles. The molecule has 1 heterocycles. The first-order chi connectivity index (χ1) is 16.1. The summed E-state index contributed by atoms with van der Waals surface area (Å²) in [5, 5.41) is 2.86. The second-order valence-corrected chi connectivity index (χ2v) is 9.65. The number of benzene rings is 3. The largest absolute Gasteiger partial charge is 0.397 e. The normalized spacial score (nSPS) is 14.1. The van der Waals surface area contributed by atoms with Crippen molar-refractivity contribution >= 4 is 45.6 Å². The molecular formula is C26H28N4OS2. The first-order valence-corrected chi connectivity index (χ1v) is 12.4. The number of carbonyl (C=O) groups is 1. The molecule has 3 N–H and O–H groups in total. The molecule has 0 bridgehead atoms. The number of hydrogen-bond donors (Lipinski definition) is 2. The number of nitrogens with one attached hydrogen (secondary N) is 1. The summed E-state index contributed by atoms with van der Waals surface area (Å²) in [5.41, 5.74) is 10.2. The number of nitrogens with zero attached hydrogens (tertiary/aromatic N) is 2. The second-order valence-electron chi connectivity index (χ2n) is 8.04. The number of thiocarbonyl (C=S) groups is 1. The molecule has 4 rings (SSSR count). The summed E-state index contributed by atoms with van der Waals surface area (Å²) >= 11 is 7.37. The lowest BCUT2D eigenvalue weighted by Crippen LogP contribution is -2.47. The Hall–Kier alpha value is -2.87. The fraction of sp³-hybridized carbons (Fsp3) is 0.231. The molecule has 0 atom stereocenters. The number of nitrogens with two attached hydrogens (primary N) is 1. The van der Waals surface area contributed by atoms with Crippen molar-refractivity contribution in [3.8, 4) is 0 Å². The molecule has 3 aromatic carbocycles. The predicted molar refractivity (Wildman–Crippen MR) is 142 cm³/mol. The van der Waals surface area contributed by atoms with E-state index in [1.807, 2.05) is 36.4 Å². The van der Waals surface area contributed by atoms with Crippen LogP contribution in [0.2, 0.25) is 0 Å². The number of carbonyl (C=O) groups excluding carboxylic acids is 1. The first kappa shape index (κ1) is 23.3. The van der Waals surface area contributed by atoms with Gasteiger partial charge in [0.1, 0.15) is 4.32 Å². The average molecular weight is 477 g/mol. The zero-order valence-corrected chi connectivity index (χ0v) is 20.1. The van der Waals surface area contributed by atoms with Crippen LogP contribution in [-0.2, 0) is 12.3 Å². The van der Waals surface area contributed by atoms with Crippen LogP contribution in [0.25, 0.3) is 0 Å². The highest BCUT2D eigenvalue weighted by Crippen LogP contribution is 2.21. The number of thioether (sulfide) groups is 1. The minimum Gasteiger partial charge on any atom is -0.397 e. The monoisotopic (exact) mass is 476 g/mol. The summed E-state index contributed by atoms with van der Waals surface area (Å²) in [6, 6.07) is 25.5. The van der Waals surface area contributed by atoms with Gasteiger partial charge in [-0.3, -0.25) is 9.69 Å². The predicted octanol–water partition coefficient (Wildman–Crippen LogP) is 4.86. The lowest BCUT2D eigenvalue weighted by molar-refractivity contribution is 0.102. The highest BCUT2D eigenvalue weighted by atomic mass is 32.2. The number of hydrogen-bond acceptors (Lipinski definition) is 5. The van der Waals surface area contributed by atoms with Gasteiger partial charge in [-0.05, 0) is 35.4 Å². The third-order valence-electron chi connectivity index (χ3n) is 5.67. The zero-order valence-electron chi connectivity index (χ0n) is 18.4. The maximum atomic E-state index is 12.5.